The van der Waals surface area contributed by atoms with E-state index in [0.717, 1.165) is 16.8 Å². The largest absolute Gasteiger partial charge is 0.483 e. The average Bonchev–Trinajstić information content (AvgIpc) is 3.20. The van der Waals surface area contributed by atoms with E-state index in [1.807, 2.05) is 4.98 Å². The van der Waals surface area contributed by atoms with Gasteiger partial charge in [-0.25, -0.2) is 13.9 Å². The highest BCUT2D eigenvalue weighted by Gasteiger charge is 2.49. The monoisotopic (exact) mass is 684 g/mol. The van der Waals surface area contributed by atoms with E-state index in [-0.39, 0.29) is 5.75 Å². The second-order valence-electron chi connectivity index (χ2n) is 9.18. The first-order chi connectivity index (χ1) is 20.2. The van der Waals surface area contributed by atoms with Crippen LogP contribution in [0.1, 0.15) is 6.23 Å². The summed E-state index contributed by atoms with van der Waals surface area (Å²) in [7, 11) is -9.56. The molecule has 248 valence electrons. The molecular weight excluding hydrogens is 650 g/mol. The first-order valence-corrected chi connectivity index (χ1v) is 16.7. The van der Waals surface area contributed by atoms with Crippen LogP contribution < -0.4 is 11.2 Å². The number of ether oxygens (including phenoxy) is 4. The lowest BCUT2D eigenvalue weighted by atomic mass is 10.0. The van der Waals surface area contributed by atoms with Crippen LogP contribution in [-0.2, 0) is 41.4 Å². The molecule has 6 unspecified atom stereocenters. The molecule has 0 aliphatic carbocycles. The minimum absolute atomic E-state index is 0.0262. The summed E-state index contributed by atoms with van der Waals surface area (Å²) in [5.41, 5.74) is -1.73. The molecule has 2 aliphatic rings. The van der Waals surface area contributed by atoms with Crippen molar-refractivity contribution in [1.82, 2.24) is 9.55 Å². The van der Waals surface area contributed by atoms with Crippen LogP contribution in [0.5, 0.6) is 0 Å². The van der Waals surface area contributed by atoms with Crippen LogP contribution in [0.4, 0.5) is 0 Å². The van der Waals surface area contributed by atoms with Gasteiger partial charge in [0.1, 0.15) is 36.6 Å². The number of aromatic nitrogens is 2. The number of nitrogens with one attached hydrogen (secondary N) is 1. The van der Waals surface area contributed by atoms with Gasteiger partial charge in [-0.05, 0) is 0 Å². The number of aliphatic hydroxyl groups is 5. The van der Waals surface area contributed by atoms with Crippen LogP contribution in [-0.4, -0.2) is 139 Å². The summed E-state index contributed by atoms with van der Waals surface area (Å²) >= 11 is 1.22. The normalized spacial score (nSPS) is 34.1. The van der Waals surface area contributed by atoms with Crippen LogP contribution in [0.25, 0.3) is 0 Å². The lowest BCUT2D eigenvalue weighted by Crippen LogP contribution is -2.58. The average molecular weight is 685 g/mol. The van der Waals surface area contributed by atoms with Crippen LogP contribution in [0.2, 0.25) is 0 Å². The summed E-state index contributed by atoms with van der Waals surface area (Å²) in [4.78, 5) is 45.2. The topological polar surface area (TPSA) is 295 Å². The lowest BCUT2D eigenvalue weighted by Gasteiger charge is -2.40. The van der Waals surface area contributed by atoms with Gasteiger partial charge in [-0.1, -0.05) is 0 Å². The van der Waals surface area contributed by atoms with E-state index in [1.165, 1.54) is 18.9 Å². The number of rotatable bonds is 16. The Kier molecular flexibility index (Phi) is 13.5. The molecule has 43 heavy (non-hydrogen) atoms. The van der Waals surface area contributed by atoms with Crippen LogP contribution >= 0.6 is 27.4 Å². The smallest absolute Gasteiger partial charge is 0.388 e. The fourth-order valence-electron chi connectivity index (χ4n) is 3.90. The molecule has 0 aromatic carbocycles. The zero-order chi connectivity index (χ0) is 31.9. The number of phosphoric acid groups is 2. The highest BCUT2D eigenvalue weighted by atomic mass is 32.2. The van der Waals surface area contributed by atoms with Crippen LogP contribution in [0, 0.1) is 0 Å². The maximum absolute atomic E-state index is 12.5. The molecule has 3 heterocycles. The molecule has 0 saturated carbocycles. The van der Waals surface area contributed by atoms with Crippen molar-refractivity contribution in [2.24, 2.45) is 0 Å². The molecule has 0 radical (unpaired) electrons. The molecule has 3 rings (SSSR count). The van der Waals surface area contributed by atoms with Crippen molar-refractivity contribution in [3.8, 4) is 0 Å². The Morgan fingerprint density at radius 3 is 2.30 bits per heavy atom. The van der Waals surface area contributed by atoms with E-state index in [2.05, 4.69) is 13.4 Å². The van der Waals surface area contributed by atoms with Gasteiger partial charge in [-0.3, -0.25) is 23.4 Å². The molecule has 1 aromatic heterocycles. The van der Waals surface area contributed by atoms with Gasteiger partial charge in [0.05, 0.1) is 32.5 Å². The van der Waals surface area contributed by atoms with Gasteiger partial charge >= 0.3 is 21.3 Å². The number of aliphatic hydroxyl groups excluding tert-OH is 5. The molecular formula is C20H34N2O18P2S. The van der Waals surface area contributed by atoms with Crippen molar-refractivity contribution in [2.75, 3.05) is 45.0 Å². The van der Waals surface area contributed by atoms with E-state index in [9.17, 15) is 54.0 Å². The Bertz CT molecular complexity index is 1250. The highest BCUT2D eigenvalue weighted by Crippen LogP contribution is 2.61. The number of phosphoric ester groups is 2. The number of hydrogen-bond donors (Lipinski definition) is 8. The molecule has 0 bridgehead atoms. The molecule has 0 amide bonds. The zero-order valence-electron chi connectivity index (χ0n) is 22.5. The lowest BCUT2D eigenvalue weighted by molar-refractivity contribution is -0.270. The van der Waals surface area contributed by atoms with E-state index in [4.69, 9.17) is 18.9 Å². The SMILES string of the molecule is COCCOCCSCC1OC(OP(=O)(O)OP(=O)(O)OCC2OC(n3ccc(=O)[nH]c3=O)[C@H](O)[C@@H]2O)[C@@H](O)[C@@H](O)[C@H]1O. The fourth-order valence-corrected chi connectivity index (χ4v) is 6.97. The first-order valence-electron chi connectivity index (χ1n) is 12.5. The quantitative estimate of drug-likeness (QED) is 0.0622. The summed E-state index contributed by atoms with van der Waals surface area (Å²) < 4.78 is 59.8. The Balaban J connectivity index is 1.54. The molecule has 1 aromatic rings. The van der Waals surface area contributed by atoms with Crippen molar-refractivity contribution in [2.45, 2.75) is 55.2 Å². The molecule has 2 aliphatic heterocycles. The second kappa shape index (κ2) is 16.0. The predicted molar refractivity (Wildman–Crippen MR) is 142 cm³/mol. The third-order valence-corrected chi connectivity index (χ3v) is 9.68. The molecule has 2 saturated heterocycles. The van der Waals surface area contributed by atoms with E-state index >= 15 is 0 Å². The predicted octanol–water partition coefficient (Wildman–Crippen LogP) is -3.39. The molecule has 23 heteroatoms. The van der Waals surface area contributed by atoms with Crippen LogP contribution in [0.3, 0.4) is 0 Å². The number of hydrogen-bond acceptors (Lipinski definition) is 17. The molecule has 0 spiro atoms. The van der Waals surface area contributed by atoms with Crippen molar-refractivity contribution in [1.29, 1.82) is 0 Å². The van der Waals surface area contributed by atoms with Gasteiger partial charge in [0.25, 0.3) is 5.56 Å². The first kappa shape index (κ1) is 36.4. The van der Waals surface area contributed by atoms with Gasteiger partial charge in [-0.2, -0.15) is 16.1 Å². The van der Waals surface area contributed by atoms with Crippen molar-refractivity contribution in [3.05, 3.63) is 33.1 Å². The Labute approximate surface area is 247 Å². The number of thioether (sulfide) groups is 1. The van der Waals surface area contributed by atoms with Crippen LogP contribution in [0.15, 0.2) is 21.9 Å². The molecule has 20 nitrogen and oxygen atoms in total. The van der Waals surface area contributed by atoms with Crippen molar-refractivity contribution < 1.29 is 76.8 Å². The van der Waals surface area contributed by atoms with Crippen molar-refractivity contribution >= 4 is 27.4 Å². The number of aromatic amines is 1. The van der Waals surface area contributed by atoms with Gasteiger partial charge < -0.3 is 54.3 Å². The molecule has 8 N–H and O–H groups in total. The highest BCUT2D eigenvalue weighted by molar-refractivity contribution is 7.99. The van der Waals surface area contributed by atoms with Crippen molar-refractivity contribution in [3.63, 3.8) is 0 Å². The zero-order valence-corrected chi connectivity index (χ0v) is 25.1. The van der Waals surface area contributed by atoms with Gasteiger partial charge in [0, 0.05) is 30.9 Å². The van der Waals surface area contributed by atoms with E-state index < -0.39 is 88.7 Å². The van der Waals surface area contributed by atoms with Gasteiger partial charge in [-0.15, -0.1) is 0 Å². The standard InChI is InChI=1S/C20H34N2O18P2S/c1-34-4-5-35-6-7-43-9-11-14(25)15(26)17(28)19(38-11)39-42(32,33)40-41(30,31)36-8-10-13(24)16(27)18(37-10)22-3-2-12(23)21-20(22)29/h2-3,10-11,13-19,24-28H,4-9H2,1H3,(H,30,31)(H,32,33)(H,21,23,29)/t10?,11?,13-,14+,15+,16-,17+,18?,19?/m1/s1. The number of H-pyrrole nitrogens is 1. The summed E-state index contributed by atoms with van der Waals surface area (Å²) in [5.74, 6) is 0.463. The summed E-state index contributed by atoms with van der Waals surface area (Å²) in [6.45, 7) is 0.0670. The minimum Gasteiger partial charge on any atom is -0.388 e. The second-order valence-corrected chi connectivity index (χ2v) is 13.3. The maximum atomic E-state index is 12.5. The number of nitrogens with zero attached hydrogens (tertiary/aromatic N) is 1. The fraction of sp³-hybridized carbons (Fsp3) is 0.800. The number of methoxy groups -OCH3 is 1. The minimum atomic E-state index is -5.59. The summed E-state index contributed by atoms with van der Waals surface area (Å²) in [5, 5.41) is 51.0. The molecule has 2 fully saturated rings. The van der Waals surface area contributed by atoms with Gasteiger partial charge in [0.2, 0.25) is 0 Å². The Morgan fingerprint density at radius 1 is 0.930 bits per heavy atom. The summed E-state index contributed by atoms with van der Waals surface area (Å²) in [6, 6.07) is 0.941. The Hall–Kier alpha value is -1.07. The third kappa shape index (κ3) is 10.2. The van der Waals surface area contributed by atoms with Gasteiger partial charge in [0.15, 0.2) is 12.5 Å². The summed E-state index contributed by atoms with van der Waals surface area (Å²) in [6.07, 6.45) is -14.6. The third-order valence-electron chi connectivity index (χ3n) is 6.06. The molecule has 11 atom stereocenters. The maximum Gasteiger partial charge on any atom is 0.483 e. The van der Waals surface area contributed by atoms with E-state index in [1.54, 1.807) is 0 Å². The van der Waals surface area contributed by atoms with E-state index in [0.29, 0.717) is 25.6 Å². The Morgan fingerprint density at radius 2 is 1.63 bits per heavy atom.